The minimum atomic E-state index is 0. The fourth-order valence-electron chi connectivity index (χ4n) is 2.94. The Kier molecular flexibility index (Phi) is 25.3. The molecule has 0 atom stereocenters. The maximum atomic E-state index is 6.14. The molecule has 1 aromatic heterocycles. The van der Waals surface area contributed by atoms with E-state index in [4.69, 9.17) is 23.1 Å². The van der Waals surface area contributed by atoms with Crippen molar-refractivity contribution < 1.29 is 0 Å². The largest absolute Gasteiger partial charge is 0.383 e. The summed E-state index contributed by atoms with van der Waals surface area (Å²) in [5, 5.41) is 4.73. The predicted molar refractivity (Wildman–Crippen MR) is 153 cm³/mol. The number of hydrogen-bond acceptors (Lipinski definition) is 7. The summed E-state index contributed by atoms with van der Waals surface area (Å²) in [4.78, 5) is 11.3. The van der Waals surface area contributed by atoms with Crippen molar-refractivity contribution in [3.63, 3.8) is 0 Å². The van der Waals surface area contributed by atoms with Crippen LogP contribution in [0, 0.1) is 0 Å². The number of nitrogens with one attached hydrogen (secondary N) is 1. The van der Waals surface area contributed by atoms with E-state index in [-0.39, 0.29) is 74.4 Å². The van der Waals surface area contributed by atoms with Gasteiger partial charge in [0.15, 0.2) is 5.16 Å². The van der Waals surface area contributed by atoms with Gasteiger partial charge in [0.2, 0.25) is 0 Å². The van der Waals surface area contributed by atoms with E-state index in [0.717, 1.165) is 56.0 Å². The lowest BCUT2D eigenvalue weighted by molar-refractivity contribution is 0.242. The summed E-state index contributed by atoms with van der Waals surface area (Å²) >= 11 is 7.54. The molecule has 1 saturated heterocycles. The molecular weight excluding hydrogens is 580 g/mol. The first kappa shape index (κ1) is 39.4. The molecule has 1 fully saturated rings. The molecule has 1 aliphatic heterocycles. The smallest absolute Gasteiger partial charge is 0.191 e. The van der Waals surface area contributed by atoms with E-state index in [1.165, 1.54) is 0 Å². The first-order valence-electron chi connectivity index (χ1n) is 8.84. The van der Waals surface area contributed by atoms with Gasteiger partial charge in [-0.1, -0.05) is 35.5 Å². The van der Waals surface area contributed by atoms with E-state index in [1.54, 1.807) is 11.8 Å². The first-order chi connectivity index (χ1) is 12.6. The lowest BCUT2D eigenvalue weighted by Crippen LogP contribution is -2.43. The second kappa shape index (κ2) is 20.6. The van der Waals surface area contributed by atoms with Gasteiger partial charge in [-0.15, -0.1) is 74.4 Å². The van der Waals surface area contributed by atoms with Gasteiger partial charge in [-0.3, -0.25) is 0 Å². The summed E-state index contributed by atoms with van der Waals surface area (Å²) in [6.45, 7) is 5.52. The van der Waals surface area contributed by atoms with Crippen LogP contribution in [-0.2, 0) is 6.42 Å². The minimum Gasteiger partial charge on any atom is -0.383 e. The molecule has 1 aliphatic rings. The minimum absolute atomic E-state index is 0. The predicted octanol–water partition coefficient (Wildman–Crippen LogP) is 4.80. The van der Waals surface area contributed by atoms with Gasteiger partial charge in [0.05, 0.1) is 0 Å². The molecule has 0 saturated carbocycles. The third-order valence-electron chi connectivity index (χ3n) is 4.40. The van der Waals surface area contributed by atoms with Crippen molar-refractivity contribution >= 4 is 109 Å². The quantitative estimate of drug-likeness (QED) is 0.235. The van der Waals surface area contributed by atoms with E-state index < -0.39 is 0 Å². The molecule has 0 bridgehead atoms. The van der Waals surface area contributed by atoms with Crippen molar-refractivity contribution in [2.75, 3.05) is 49.9 Å². The number of nitrogen functional groups attached to an aromatic ring is 2. The van der Waals surface area contributed by atoms with Crippen molar-refractivity contribution in [3.05, 3.63) is 40.4 Å². The van der Waals surface area contributed by atoms with Gasteiger partial charge < -0.3 is 21.7 Å². The Morgan fingerprint density at radius 2 is 1.44 bits per heavy atom. The summed E-state index contributed by atoms with van der Waals surface area (Å²) in [6, 6.07) is 7.62. The van der Waals surface area contributed by atoms with Crippen LogP contribution < -0.4 is 16.8 Å². The zero-order chi connectivity index (χ0) is 18.4. The number of piperazine rings is 1. The number of thioether (sulfide) groups is 1. The molecular formula is C18H31Cl7N6S. The Balaban J connectivity index is -0.000000653. The number of anilines is 2. The van der Waals surface area contributed by atoms with Crippen LogP contribution in [0.15, 0.2) is 29.4 Å². The van der Waals surface area contributed by atoms with Crippen LogP contribution in [0.5, 0.6) is 0 Å². The van der Waals surface area contributed by atoms with Crippen LogP contribution in [0.1, 0.15) is 17.5 Å². The van der Waals surface area contributed by atoms with E-state index in [1.807, 2.05) is 24.3 Å². The van der Waals surface area contributed by atoms with Gasteiger partial charge in [0.1, 0.15) is 11.6 Å². The molecule has 32 heavy (non-hydrogen) atoms. The Hall–Kier alpha value is 0.200. The highest BCUT2D eigenvalue weighted by molar-refractivity contribution is 7.99. The molecule has 3 rings (SSSR count). The van der Waals surface area contributed by atoms with E-state index in [9.17, 15) is 0 Å². The third-order valence-corrected chi connectivity index (χ3v) is 5.59. The summed E-state index contributed by atoms with van der Waals surface area (Å²) in [6.07, 6.45) is 1.70. The van der Waals surface area contributed by atoms with Gasteiger partial charge in [0.25, 0.3) is 0 Å². The molecule has 1 aromatic carbocycles. The summed E-state index contributed by atoms with van der Waals surface area (Å²) in [5.74, 6) is 1.87. The maximum Gasteiger partial charge on any atom is 0.191 e. The van der Waals surface area contributed by atoms with Crippen molar-refractivity contribution in [2.45, 2.75) is 18.0 Å². The molecule has 0 spiro atoms. The number of benzene rings is 1. The lowest BCUT2D eigenvalue weighted by Gasteiger charge is -2.26. The van der Waals surface area contributed by atoms with Crippen molar-refractivity contribution in [1.29, 1.82) is 0 Å². The van der Waals surface area contributed by atoms with Crippen molar-refractivity contribution in [2.24, 2.45) is 0 Å². The van der Waals surface area contributed by atoms with Gasteiger partial charge in [-0.2, -0.15) is 0 Å². The van der Waals surface area contributed by atoms with Crippen LogP contribution in [0.25, 0.3) is 0 Å². The van der Waals surface area contributed by atoms with Gasteiger partial charge in [-0.05, 0) is 30.7 Å². The van der Waals surface area contributed by atoms with Crippen LogP contribution in [0.2, 0.25) is 5.02 Å². The monoisotopic (exact) mass is 608 g/mol. The molecule has 14 heteroatoms. The molecule has 2 aromatic rings. The van der Waals surface area contributed by atoms with E-state index in [0.29, 0.717) is 28.2 Å². The van der Waals surface area contributed by atoms with E-state index in [2.05, 4.69) is 20.2 Å². The van der Waals surface area contributed by atoms with Gasteiger partial charge in [-0.25, -0.2) is 9.97 Å². The number of rotatable bonds is 7. The van der Waals surface area contributed by atoms with Gasteiger partial charge >= 0.3 is 0 Å². The topological polar surface area (TPSA) is 93.1 Å². The van der Waals surface area contributed by atoms with Crippen LogP contribution in [0.4, 0.5) is 11.6 Å². The van der Waals surface area contributed by atoms with Gasteiger partial charge in [0, 0.05) is 48.9 Å². The number of hydrogen-bond donors (Lipinski definition) is 3. The maximum absolute atomic E-state index is 6.14. The van der Waals surface area contributed by atoms with Crippen LogP contribution in [-0.4, -0.2) is 53.3 Å². The molecule has 0 radical (unpaired) electrons. The summed E-state index contributed by atoms with van der Waals surface area (Å²) in [5.41, 5.74) is 14.1. The summed E-state index contributed by atoms with van der Waals surface area (Å²) in [7, 11) is 0. The Bertz CT molecular complexity index is 713. The third kappa shape index (κ3) is 12.6. The number of aromatic nitrogens is 2. The van der Waals surface area contributed by atoms with Crippen LogP contribution >= 0.6 is 97.8 Å². The van der Waals surface area contributed by atoms with E-state index >= 15 is 0 Å². The average Bonchev–Trinajstić information content (AvgIpc) is 2.64. The highest BCUT2D eigenvalue weighted by Crippen LogP contribution is 2.25. The fraction of sp³-hybridized carbons (Fsp3) is 0.444. The second-order valence-corrected chi connectivity index (χ2v) is 7.85. The SMILES string of the molecule is Cl.Cl.Cl.Cl.Cl.Cl.Nc1nc(SCCCN2CCNCC2)nc(N)c1Cc1ccc(Cl)cc1. The zero-order valence-corrected chi connectivity index (χ0v) is 23.7. The second-order valence-electron chi connectivity index (χ2n) is 6.35. The fourth-order valence-corrected chi connectivity index (χ4v) is 3.84. The molecule has 188 valence electrons. The standard InChI is InChI=1S/C18H25ClN6S.6ClH/c19-14-4-2-13(3-5-14)12-15-16(20)23-18(24-17(15)21)26-11-1-8-25-9-6-22-7-10-25;;;;;;/h2-5,22H,1,6-12H2,(H4,20,21,23,24);6*1H. The summed E-state index contributed by atoms with van der Waals surface area (Å²) < 4.78 is 0. The highest BCUT2D eigenvalue weighted by Gasteiger charge is 2.12. The van der Waals surface area contributed by atoms with Crippen molar-refractivity contribution in [1.82, 2.24) is 20.2 Å². The molecule has 5 N–H and O–H groups in total. The Morgan fingerprint density at radius 1 is 0.906 bits per heavy atom. The number of halogens is 7. The Labute approximate surface area is 236 Å². The Morgan fingerprint density at radius 3 is 1.97 bits per heavy atom. The number of nitrogens with two attached hydrogens (primary N) is 2. The molecule has 0 amide bonds. The van der Waals surface area contributed by atoms with Crippen LogP contribution in [0.3, 0.4) is 0 Å². The number of nitrogens with zero attached hydrogens (tertiary/aromatic N) is 3. The molecule has 0 unspecified atom stereocenters. The molecule has 6 nitrogen and oxygen atoms in total. The first-order valence-corrected chi connectivity index (χ1v) is 10.2. The average molecular weight is 612 g/mol. The van der Waals surface area contributed by atoms with Crippen molar-refractivity contribution in [3.8, 4) is 0 Å². The molecule has 0 aliphatic carbocycles. The lowest BCUT2D eigenvalue weighted by atomic mass is 10.1. The molecule has 2 heterocycles. The highest BCUT2D eigenvalue weighted by atomic mass is 35.5. The normalized spacial score (nSPS) is 12.4. The zero-order valence-electron chi connectivity index (χ0n) is 17.2.